The topological polar surface area (TPSA) is 123 Å². The highest BCUT2D eigenvalue weighted by atomic mass is 35.5. The van der Waals surface area contributed by atoms with Crippen LogP contribution in [0.5, 0.6) is 5.75 Å². The fourth-order valence-electron chi connectivity index (χ4n) is 4.58. The van der Waals surface area contributed by atoms with Gasteiger partial charge in [-0.2, -0.15) is 4.98 Å². The lowest BCUT2D eigenvalue weighted by Gasteiger charge is -2.27. The molecule has 0 spiro atoms. The van der Waals surface area contributed by atoms with E-state index in [0.717, 1.165) is 29.7 Å². The first-order valence-corrected chi connectivity index (χ1v) is 13.2. The molecule has 5 rings (SSSR count). The first kappa shape index (κ1) is 24.0. The third kappa shape index (κ3) is 5.75. The Kier molecular flexibility index (Phi) is 7.19. The lowest BCUT2D eigenvalue weighted by Crippen LogP contribution is -2.29. The molecule has 3 heterocycles. The van der Waals surface area contributed by atoms with Crippen LogP contribution in [-0.4, -0.2) is 37.3 Å². The molecule has 2 fully saturated rings. The van der Waals surface area contributed by atoms with Crippen molar-refractivity contribution in [2.45, 2.75) is 70.9 Å². The summed E-state index contributed by atoms with van der Waals surface area (Å²) in [4.78, 5) is 25.9. The number of nitrogens with one attached hydrogen (secondary N) is 1. The average molecular weight is 518 g/mol. The highest BCUT2D eigenvalue weighted by Gasteiger charge is 2.29. The molecule has 0 saturated heterocycles. The van der Waals surface area contributed by atoms with E-state index < -0.39 is 5.97 Å². The number of hydrogen-bond donors (Lipinski definition) is 2. The van der Waals surface area contributed by atoms with Crippen molar-refractivity contribution in [3.8, 4) is 16.5 Å². The molecule has 2 saturated carbocycles. The normalized spacial score (nSPS) is 20.4. The van der Waals surface area contributed by atoms with Crippen molar-refractivity contribution in [3.05, 3.63) is 33.7 Å². The summed E-state index contributed by atoms with van der Waals surface area (Å²) in [5.41, 5.74) is 1.64. The molecule has 3 aromatic heterocycles. The Morgan fingerprint density at radius 1 is 1.29 bits per heavy atom. The lowest BCUT2D eigenvalue weighted by atomic mass is 9.83. The molecule has 2 aliphatic rings. The number of thiophene rings is 1. The minimum Gasteiger partial charge on any atom is -0.487 e. The number of aryl methyl sites for hydroxylation is 1. The Morgan fingerprint density at radius 2 is 2.11 bits per heavy atom. The second-order valence-electron chi connectivity index (χ2n) is 9.36. The summed E-state index contributed by atoms with van der Waals surface area (Å²) >= 11 is 7.74. The SMILES string of the molecule is Cc1nc(-c2sc(Cl)cc2CNc2noc(CC3CCC3)n2)ncc1O[C@H]1CCC[C@H](C(=O)O)C1. The molecule has 3 aromatic rings. The maximum Gasteiger partial charge on any atom is 0.306 e. The summed E-state index contributed by atoms with van der Waals surface area (Å²) in [5, 5.41) is 16.6. The Morgan fingerprint density at radius 3 is 2.86 bits per heavy atom. The van der Waals surface area contributed by atoms with Crippen LogP contribution in [0.25, 0.3) is 10.7 Å². The fraction of sp³-hybridized carbons (Fsp3) is 0.542. The summed E-state index contributed by atoms with van der Waals surface area (Å²) in [7, 11) is 0. The molecule has 186 valence electrons. The van der Waals surface area contributed by atoms with Crippen molar-refractivity contribution in [2.75, 3.05) is 5.32 Å². The van der Waals surface area contributed by atoms with Gasteiger partial charge in [-0.15, -0.1) is 11.3 Å². The van der Waals surface area contributed by atoms with E-state index in [9.17, 15) is 9.90 Å². The summed E-state index contributed by atoms with van der Waals surface area (Å²) in [6.07, 6.45) is 8.98. The number of ether oxygens (including phenoxy) is 1. The molecule has 0 amide bonds. The Balaban J connectivity index is 1.24. The van der Waals surface area contributed by atoms with Crippen LogP contribution in [0.4, 0.5) is 5.95 Å². The van der Waals surface area contributed by atoms with Crippen molar-refractivity contribution in [2.24, 2.45) is 11.8 Å². The molecular formula is C24H28ClN5O4S. The van der Waals surface area contributed by atoms with E-state index in [0.29, 0.717) is 58.7 Å². The van der Waals surface area contributed by atoms with Crippen LogP contribution >= 0.6 is 22.9 Å². The van der Waals surface area contributed by atoms with Gasteiger partial charge in [-0.1, -0.05) is 18.0 Å². The number of rotatable bonds is 9. The third-order valence-electron chi connectivity index (χ3n) is 6.78. The Bertz CT molecular complexity index is 1190. The van der Waals surface area contributed by atoms with Gasteiger partial charge >= 0.3 is 5.97 Å². The van der Waals surface area contributed by atoms with Gasteiger partial charge in [0.25, 0.3) is 5.95 Å². The Labute approximate surface area is 212 Å². The first-order chi connectivity index (χ1) is 16.9. The molecule has 35 heavy (non-hydrogen) atoms. The van der Waals surface area contributed by atoms with Crippen LogP contribution in [0.2, 0.25) is 4.34 Å². The molecule has 2 aliphatic carbocycles. The Hall–Kier alpha value is -2.72. The summed E-state index contributed by atoms with van der Waals surface area (Å²) in [6, 6.07) is 1.89. The van der Waals surface area contributed by atoms with Gasteiger partial charge in [-0.05, 0) is 68.2 Å². The number of anilines is 1. The molecule has 11 heteroatoms. The summed E-state index contributed by atoms with van der Waals surface area (Å²) in [6.45, 7) is 2.33. The van der Waals surface area contributed by atoms with Gasteiger partial charge in [0.2, 0.25) is 5.89 Å². The average Bonchev–Trinajstić information content (AvgIpc) is 3.42. The molecule has 0 aliphatic heterocycles. The van der Waals surface area contributed by atoms with E-state index in [-0.39, 0.29) is 12.0 Å². The minimum atomic E-state index is -0.757. The van der Waals surface area contributed by atoms with Crippen molar-refractivity contribution >= 4 is 34.9 Å². The summed E-state index contributed by atoms with van der Waals surface area (Å²) in [5.74, 6) is 1.82. The molecule has 2 atom stereocenters. The van der Waals surface area contributed by atoms with Crippen molar-refractivity contribution < 1.29 is 19.2 Å². The van der Waals surface area contributed by atoms with E-state index in [1.807, 2.05) is 13.0 Å². The first-order valence-electron chi connectivity index (χ1n) is 12.0. The van der Waals surface area contributed by atoms with Crippen molar-refractivity contribution in [1.82, 2.24) is 20.1 Å². The van der Waals surface area contributed by atoms with Crippen molar-refractivity contribution in [3.63, 3.8) is 0 Å². The largest absolute Gasteiger partial charge is 0.487 e. The minimum absolute atomic E-state index is 0.141. The number of nitrogens with zero attached hydrogens (tertiary/aromatic N) is 4. The van der Waals surface area contributed by atoms with Gasteiger partial charge in [0.1, 0.15) is 0 Å². The third-order valence-corrected chi connectivity index (χ3v) is 8.08. The van der Waals surface area contributed by atoms with Gasteiger partial charge in [0.05, 0.1) is 33.1 Å². The summed E-state index contributed by atoms with van der Waals surface area (Å²) < 4.78 is 12.1. The van der Waals surface area contributed by atoms with Gasteiger partial charge in [0.15, 0.2) is 11.6 Å². The van der Waals surface area contributed by atoms with Crippen LogP contribution in [-0.2, 0) is 17.8 Å². The standard InChI is InChI=1S/C24H28ClN5O4S/c1-13-18(33-17-7-3-6-15(9-17)23(31)32)12-26-22(28-13)21-16(10-19(25)35-21)11-27-24-29-20(34-30-24)8-14-4-2-5-14/h10,12,14-15,17H,2-9,11H2,1H3,(H,27,30)(H,31,32)/t15-,17-/m0/s1. The van der Waals surface area contributed by atoms with Crippen LogP contribution in [0.15, 0.2) is 16.8 Å². The quantitative estimate of drug-likeness (QED) is 0.377. The molecule has 0 unspecified atom stereocenters. The number of hydrogen-bond acceptors (Lipinski definition) is 9. The van der Waals surface area contributed by atoms with Gasteiger partial charge in [0, 0.05) is 13.0 Å². The molecule has 9 nitrogen and oxygen atoms in total. The second-order valence-corrected chi connectivity index (χ2v) is 11.0. The van der Waals surface area contributed by atoms with Gasteiger partial charge in [-0.25, -0.2) is 9.97 Å². The fourth-order valence-corrected chi connectivity index (χ4v) is 5.79. The monoisotopic (exact) mass is 517 g/mol. The predicted octanol–water partition coefficient (Wildman–Crippen LogP) is 5.53. The van der Waals surface area contributed by atoms with Gasteiger partial charge < -0.3 is 19.7 Å². The molecule has 2 N–H and O–H groups in total. The van der Waals surface area contributed by atoms with Crippen LogP contribution in [0, 0.1) is 18.8 Å². The number of halogens is 1. The number of carbonyl (C=O) groups is 1. The molecule has 0 bridgehead atoms. The van der Waals surface area contributed by atoms with Gasteiger partial charge in [-0.3, -0.25) is 4.79 Å². The molecule has 0 radical (unpaired) electrons. The number of aliphatic carboxylic acids is 1. The molecule has 0 aromatic carbocycles. The van der Waals surface area contributed by atoms with E-state index in [4.69, 9.17) is 20.9 Å². The molecular weight excluding hydrogens is 490 g/mol. The lowest BCUT2D eigenvalue weighted by molar-refractivity contribution is -0.143. The smallest absolute Gasteiger partial charge is 0.306 e. The zero-order valence-electron chi connectivity index (χ0n) is 19.5. The van der Waals surface area contributed by atoms with E-state index in [2.05, 4.69) is 25.4 Å². The number of carboxylic acid groups (broad SMARTS) is 1. The van der Waals surface area contributed by atoms with E-state index in [1.165, 1.54) is 30.6 Å². The van der Waals surface area contributed by atoms with Crippen LogP contribution < -0.4 is 10.1 Å². The number of carboxylic acids is 1. The van der Waals surface area contributed by atoms with Crippen LogP contribution in [0.3, 0.4) is 0 Å². The number of aromatic nitrogens is 4. The highest BCUT2D eigenvalue weighted by Crippen LogP contribution is 2.36. The van der Waals surface area contributed by atoms with Crippen molar-refractivity contribution in [1.29, 1.82) is 0 Å². The van der Waals surface area contributed by atoms with E-state index >= 15 is 0 Å². The zero-order valence-corrected chi connectivity index (χ0v) is 21.1. The second kappa shape index (κ2) is 10.5. The maximum atomic E-state index is 11.3. The van der Waals surface area contributed by atoms with Crippen LogP contribution in [0.1, 0.15) is 62.1 Å². The van der Waals surface area contributed by atoms with E-state index in [1.54, 1.807) is 6.20 Å². The zero-order chi connectivity index (χ0) is 24.4. The highest BCUT2D eigenvalue weighted by molar-refractivity contribution is 7.19. The predicted molar refractivity (Wildman–Crippen MR) is 132 cm³/mol. The maximum absolute atomic E-state index is 11.3.